The molecule has 146 valence electrons. The highest BCUT2D eigenvalue weighted by atomic mass is 19.1. The summed E-state index contributed by atoms with van der Waals surface area (Å²) in [7, 11) is 7.76. The first-order chi connectivity index (χ1) is 13.0. The first-order valence-corrected chi connectivity index (χ1v) is 9.00. The number of guanidine groups is 1. The van der Waals surface area contributed by atoms with Gasteiger partial charge in [0.1, 0.15) is 18.2 Å². The van der Waals surface area contributed by atoms with E-state index in [1.165, 1.54) is 12.1 Å². The molecule has 0 fully saturated rings. The lowest BCUT2D eigenvalue weighted by molar-refractivity contribution is 0.261. The Hall–Kier alpha value is -2.60. The fraction of sp³-hybridized carbons (Fsp3) is 0.381. The maximum atomic E-state index is 13.0. The van der Waals surface area contributed by atoms with Crippen molar-refractivity contribution in [3.05, 3.63) is 65.5 Å². The summed E-state index contributed by atoms with van der Waals surface area (Å²) in [5.41, 5.74) is 2.15. The van der Waals surface area contributed by atoms with E-state index < -0.39 is 0 Å². The number of nitrogens with one attached hydrogen (secondary N) is 1. The number of aliphatic imine (C=N–C) groups is 1. The van der Waals surface area contributed by atoms with E-state index >= 15 is 0 Å². The van der Waals surface area contributed by atoms with Crippen LogP contribution in [-0.4, -0.2) is 57.1 Å². The van der Waals surface area contributed by atoms with Gasteiger partial charge in [-0.1, -0.05) is 24.3 Å². The van der Waals surface area contributed by atoms with Gasteiger partial charge in [0, 0.05) is 33.7 Å². The van der Waals surface area contributed by atoms with Crippen LogP contribution in [-0.2, 0) is 13.1 Å². The summed E-state index contributed by atoms with van der Waals surface area (Å²) in [5, 5.41) is 3.36. The van der Waals surface area contributed by atoms with Crippen molar-refractivity contribution in [2.75, 3.05) is 41.3 Å². The van der Waals surface area contributed by atoms with E-state index in [-0.39, 0.29) is 5.82 Å². The highest BCUT2D eigenvalue weighted by molar-refractivity contribution is 5.79. The van der Waals surface area contributed by atoms with Crippen molar-refractivity contribution < 1.29 is 9.13 Å². The van der Waals surface area contributed by atoms with Crippen molar-refractivity contribution in [2.24, 2.45) is 4.99 Å². The van der Waals surface area contributed by atoms with Gasteiger partial charge in [0.2, 0.25) is 0 Å². The Bertz CT molecular complexity index is 731. The zero-order valence-electron chi connectivity index (χ0n) is 16.6. The van der Waals surface area contributed by atoms with Gasteiger partial charge < -0.3 is 19.9 Å². The zero-order chi connectivity index (χ0) is 19.6. The molecule has 0 aliphatic heterocycles. The maximum absolute atomic E-state index is 13.0. The van der Waals surface area contributed by atoms with Gasteiger partial charge in [-0.2, -0.15) is 0 Å². The SMILES string of the molecule is CN=C(NCc1cccc(OCCN(C)C)c1)N(C)Cc1ccc(F)cc1. The van der Waals surface area contributed by atoms with E-state index in [0.717, 1.165) is 29.4 Å². The maximum Gasteiger partial charge on any atom is 0.193 e. The van der Waals surface area contributed by atoms with Gasteiger partial charge in [-0.15, -0.1) is 0 Å². The third-order valence-electron chi connectivity index (χ3n) is 4.06. The highest BCUT2D eigenvalue weighted by Gasteiger charge is 2.07. The molecule has 0 aromatic heterocycles. The fourth-order valence-corrected chi connectivity index (χ4v) is 2.60. The number of halogens is 1. The molecular weight excluding hydrogens is 343 g/mol. The molecule has 0 aliphatic rings. The van der Waals surface area contributed by atoms with Crippen molar-refractivity contribution in [2.45, 2.75) is 13.1 Å². The molecule has 27 heavy (non-hydrogen) atoms. The lowest BCUT2D eigenvalue weighted by atomic mass is 10.2. The van der Waals surface area contributed by atoms with Crippen LogP contribution in [0, 0.1) is 5.82 Å². The normalized spacial score (nSPS) is 11.6. The molecule has 0 bridgehead atoms. The Kier molecular flexibility index (Phi) is 8.07. The summed E-state index contributed by atoms with van der Waals surface area (Å²) in [6.07, 6.45) is 0. The molecule has 0 aliphatic carbocycles. The van der Waals surface area contributed by atoms with E-state index in [9.17, 15) is 4.39 Å². The average Bonchev–Trinajstić information content (AvgIpc) is 2.64. The van der Waals surface area contributed by atoms with Crippen LogP contribution in [0.2, 0.25) is 0 Å². The Morgan fingerprint density at radius 2 is 1.81 bits per heavy atom. The van der Waals surface area contributed by atoms with Crippen LogP contribution < -0.4 is 10.1 Å². The molecule has 0 amide bonds. The standard InChI is InChI=1S/C21H29FN4O/c1-23-21(26(4)16-17-8-10-19(22)11-9-17)24-15-18-6-5-7-20(14-18)27-13-12-25(2)3/h5-11,14H,12-13,15-16H2,1-4H3,(H,23,24). The van der Waals surface area contributed by atoms with Crippen molar-refractivity contribution in [1.82, 2.24) is 15.1 Å². The lowest BCUT2D eigenvalue weighted by Gasteiger charge is -2.22. The van der Waals surface area contributed by atoms with Crippen LogP contribution >= 0.6 is 0 Å². The second kappa shape index (κ2) is 10.5. The van der Waals surface area contributed by atoms with Crippen molar-refractivity contribution >= 4 is 5.96 Å². The minimum absolute atomic E-state index is 0.225. The Balaban J connectivity index is 1.88. The minimum Gasteiger partial charge on any atom is -0.492 e. The number of nitrogens with zero attached hydrogens (tertiary/aromatic N) is 3. The minimum atomic E-state index is -0.225. The molecule has 0 spiro atoms. The number of rotatable bonds is 8. The first-order valence-electron chi connectivity index (χ1n) is 9.00. The van der Waals surface area contributed by atoms with E-state index in [2.05, 4.69) is 21.3 Å². The van der Waals surface area contributed by atoms with Crippen LogP contribution in [0.25, 0.3) is 0 Å². The molecule has 6 heteroatoms. The number of hydrogen-bond acceptors (Lipinski definition) is 3. The monoisotopic (exact) mass is 372 g/mol. The number of benzene rings is 2. The summed E-state index contributed by atoms with van der Waals surface area (Å²) < 4.78 is 18.8. The fourth-order valence-electron chi connectivity index (χ4n) is 2.60. The molecule has 0 heterocycles. The average molecular weight is 372 g/mol. The summed E-state index contributed by atoms with van der Waals surface area (Å²) in [6, 6.07) is 14.6. The summed E-state index contributed by atoms with van der Waals surface area (Å²) in [5.74, 6) is 1.42. The van der Waals surface area contributed by atoms with Gasteiger partial charge in [-0.25, -0.2) is 4.39 Å². The van der Waals surface area contributed by atoms with Crippen LogP contribution in [0.1, 0.15) is 11.1 Å². The second-order valence-corrected chi connectivity index (χ2v) is 6.68. The smallest absolute Gasteiger partial charge is 0.193 e. The summed E-state index contributed by atoms with van der Waals surface area (Å²) in [6.45, 7) is 2.83. The second-order valence-electron chi connectivity index (χ2n) is 6.68. The molecule has 0 saturated heterocycles. The largest absolute Gasteiger partial charge is 0.492 e. The number of hydrogen-bond donors (Lipinski definition) is 1. The molecule has 1 N–H and O–H groups in total. The molecule has 0 atom stereocenters. The van der Waals surface area contributed by atoms with Gasteiger partial charge in [-0.3, -0.25) is 4.99 Å². The van der Waals surface area contributed by atoms with E-state index in [1.807, 2.05) is 44.2 Å². The van der Waals surface area contributed by atoms with Gasteiger partial charge in [0.25, 0.3) is 0 Å². The highest BCUT2D eigenvalue weighted by Crippen LogP contribution is 2.13. The van der Waals surface area contributed by atoms with Crippen molar-refractivity contribution in [3.63, 3.8) is 0 Å². The van der Waals surface area contributed by atoms with Crippen LogP contribution in [0.15, 0.2) is 53.5 Å². The molecule has 0 saturated carbocycles. The molecule has 0 unspecified atom stereocenters. The van der Waals surface area contributed by atoms with Gasteiger partial charge in [0.05, 0.1) is 0 Å². The molecule has 5 nitrogen and oxygen atoms in total. The Morgan fingerprint density at radius 1 is 1.07 bits per heavy atom. The summed E-state index contributed by atoms with van der Waals surface area (Å²) >= 11 is 0. The number of likely N-dealkylation sites (N-methyl/N-ethyl adjacent to an activating group) is 1. The third-order valence-corrected chi connectivity index (χ3v) is 4.06. The lowest BCUT2D eigenvalue weighted by Crippen LogP contribution is -2.38. The quantitative estimate of drug-likeness (QED) is 0.571. The molecule has 2 rings (SSSR count). The van der Waals surface area contributed by atoms with Crippen molar-refractivity contribution in [3.8, 4) is 5.75 Å². The molecule has 2 aromatic rings. The topological polar surface area (TPSA) is 40.1 Å². The predicted molar refractivity (Wildman–Crippen MR) is 109 cm³/mol. The summed E-state index contributed by atoms with van der Waals surface area (Å²) in [4.78, 5) is 8.42. The van der Waals surface area contributed by atoms with Crippen molar-refractivity contribution in [1.29, 1.82) is 0 Å². The first kappa shape index (κ1) is 20.7. The van der Waals surface area contributed by atoms with Gasteiger partial charge in [0.15, 0.2) is 5.96 Å². The van der Waals surface area contributed by atoms with E-state index in [0.29, 0.717) is 19.7 Å². The van der Waals surface area contributed by atoms with Gasteiger partial charge in [-0.05, 0) is 49.5 Å². The predicted octanol–water partition coefficient (Wildman–Crippen LogP) is 2.97. The van der Waals surface area contributed by atoms with Crippen LogP contribution in [0.3, 0.4) is 0 Å². The molecule has 2 aromatic carbocycles. The molecular formula is C21H29FN4O. The van der Waals surface area contributed by atoms with Crippen LogP contribution in [0.4, 0.5) is 4.39 Å². The number of ether oxygens (including phenoxy) is 1. The zero-order valence-corrected chi connectivity index (χ0v) is 16.6. The Morgan fingerprint density at radius 3 is 2.48 bits per heavy atom. The van der Waals surface area contributed by atoms with E-state index in [1.54, 1.807) is 19.2 Å². The van der Waals surface area contributed by atoms with E-state index in [4.69, 9.17) is 4.74 Å². The van der Waals surface area contributed by atoms with Gasteiger partial charge >= 0.3 is 0 Å². The van der Waals surface area contributed by atoms with Crippen LogP contribution in [0.5, 0.6) is 5.75 Å². The third kappa shape index (κ3) is 7.27. The Labute approximate surface area is 161 Å². The molecule has 0 radical (unpaired) electrons.